The van der Waals surface area contributed by atoms with Crippen molar-refractivity contribution in [1.29, 1.82) is 0 Å². The largest absolute Gasteiger partial charge is 0.206 e. The Labute approximate surface area is 148 Å². The van der Waals surface area contributed by atoms with Gasteiger partial charge in [-0.25, -0.2) is 8.78 Å². The Bertz CT molecular complexity index is 458. The van der Waals surface area contributed by atoms with Crippen LogP contribution in [-0.4, -0.2) is 0 Å². The second-order valence-corrected chi connectivity index (χ2v) is 6.94. The van der Waals surface area contributed by atoms with Gasteiger partial charge in [-0.2, -0.15) is 0 Å². The number of hydrogen-bond donors (Lipinski definition) is 0. The zero-order valence-electron chi connectivity index (χ0n) is 8.73. The molecule has 0 N–H and O–H groups in total. The average Bonchev–Trinajstić information content (AvgIpc) is 2.34. The van der Waals surface area contributed by atoms with E-state index in [0.29, 0.717) is 7.14 Å². The maximum atomic E-state index is 12.5. The van der Waals surface area contributed by atoms with E-state index < -0.39 is 0 Å². The molecule has 0 spiro atoms. The zero-order valence-corrected chi connectivity index (χ0v) is 16.2. The summed E-state index contributed by atoms with van der Waals surface area (Å²) >= 11 is 10.3. The minimum atomic E-state index is -0.176. The van der Waals surface area contributed by atoms with Crippen LogP contribution >= 0.6 is 77.0 Å². The third-order valence-electron chi connectivity index (χ3n) is 1.81. The highest BCUT2D eigenvalue weighted by atomic mass is 127. The summed E-state index contributed by atoms with van der Waals surface area (Å²) in [5.41, 5.74) is 0. The van der Waals surface area contributed by atoms with E-state index in [4.69, 9.17) is 0 Å². The highest BCUT2D eigenvalue weighted by Gasteiger charge is 2.00. The molecule has 2 rings (SSSR count). The molecule has 0 heterocycles. The van der Waals surface area contributed by atoms with E-state index in [1.165, 1.54) is 12.1 Å². The van der Waals surface area contributed by atoms with Gasteiger partial charge in [-0.3, -0.25) is 0 Å². The molecule has 0 fully saturated rings. The molecule has 0 aliphatic heterocycles. The van der Waals surface area contributed by atoms with Crippen LogP contribution in [0.3, 0.4) is 0 Å². The Morgan fingerprint density at radius 1 is 0.722 bits per heavy atom. The van der Waals surface area contributed by atoms with Crippen molar-refractivity contribution in [1.82, 2.24) is 0 Å². The Hall–Kier alpha value is 0.720. The molecule has 0 amide bonds. The van der Waals surface area contributed by atoms with E-state index in [9.17, 15) is 8.78 Å². The van der Waals surface area contributed by atoms with Gasteiger partial charge in [0.15, 0.2) is 0 Å². The van der Waals surface area contributed by atoms with Gasteiger partial charge in [-0.15, -0.1) is 0 Å². The van der Waals surface area contributed by atoms with Crippen LogP contribution in [-0.2, 0) is 0 Å². The van der Waals surface area contributed by atoms with Crippen molar-refractivity contribution >= 4 is 77.0 Å². The van der Waals surface area contributed by atoms with Crippen LogP contribution in [0.1, 0.15) is 0 Å². The molecule has 0 nitrogen and oxygen atoms in total. The monoisotopic (exact) mass is 600 g/mol. The lowest BCUT2D eigenvalue weighted by molar-refractivity contribution is 0.619. The third-order valence-corrected chi connectivity index (χ3v) is 6.81. The second-order valence-electron chi connectivity index (χ2n) is 3.07. The molecule has 2 aromatic carbocycles. The van der Waals surface area contributed by atoms with E-state index >= 15 is 0 Å². The highest BCUT2D eigenvalue weighted by Crippen LogP contribution is 2.21. The van der Waals surface area contributed by atoms with Crippen molar-refractivity contribution in [2.24, 2.45) is 0 Å². The molecule has 0 aromatic heterocycles. The number of benzene rings is 2. The molecule has 0 bridgehead atoms. The maximum Gasteiger partial charge on any atom is 0.137 e. The smallest absolute Gasteiger partial charge is 0.137 e. The first-order valence-electron chi connectivity index (χ1n) is 4.62. The lowest BCUT2D eigenvalue weighted by Crippen LogP contribution is -1.79. The first kappa shape index (κ1) is 16.8. The van der Waals surface area contributed by atoms with E-state index in [0.717, 1.165) is 8.95 Å². The maximum absolute atomic E-state index is 12.5. The normalized spacial score (nSPS) is 9.67. The summed E-state index contributed by atoms with van der Waals surface area (Å²) in [6.45, 7) is 0. The summed E-state index contributed by atoms with van der Waals surface area (Å²) in [5, 5.41) is 0. The fourth-order valence-electron chi connectivity index (χ4n) is 0.955. The lowest BCUT2D eigenvalue weighted by atomic mass is 10.4. The van der Waals surface area contributed by atoms with Crippen LogP contribution in [0.4, 0.5) is 8.78 Å². The van der Waals surface area contributed by atoms with Gasteiger partial charge in [0.25, 0.3) is 0 Å². The van der Waals surface area contributed by atoms with Crippen LogP contribution in [0, 0.1) is 18.8 Å². The molecule has 0 unspecified atom stereocenters. The molecule has 0 saturated heterocycles. The first-order valence-corrected chi connectivity index (χ1v) is 8.37. The summed E-state index contributed by atoms with van der Waals surface area (Å²) in [7, 11) is 0. The predicted molar refractivity (Wildman–Crippen MR) is 93.6 cm³/mol. The Kier molecular flexibility index (Phi) is 7.55. The molecule has 0 atom stereocenters. The molecule has 6 heteroatoms. The van der Waals surface area contributed by atoms with Gasteiger partial charge >= 0.3 is 0 Å². The first-order chi connectivity index (χ1) is 8.43. The number of rotatable bonds is 0. The molecule has 96 valence electrons. The van der Waals surface area contributed by atoms with E-state index in [1.54, 1.807) is 12.1 Å². The zero-order chi connectivity index (χ0) is 13.7. The van der Waals surface area contributed by atoms with Gasteiger partial charge < -0.3 is 0 Å². The number of halogens is 6. The fraction of sp³-hybridized carbons (Fsp3) is 0. The van der Waals surface area contributed by atoms with Crippen LogP contribution in [0.5, 0.6) is 0 Å². The van der Waals surface area contributed by atoms with Crippen LogP contribution in [0.15, 0.2) is 45.3 Å². The molecule has 18 heavy (non-hydrogen) atoms. The van der Waals surface area contributed by atoms with Crippen LogP contribution < -0.4 is 0 Å². The summed E-state index contributed by atoms with van der Waals surface area (Å²) in [6.07, 6.45) is 0. The fourth-order valence-corrected chi connectivity index (χ4v) is 2.36. The van der Waals surface area contributed by atoms with E-state index in [-0.39, 0.29) is 11.6 Å². The van der Waals surface area contributed by atoms with Gasteiger partial charge in [0.2, 0.25) is 0 Å². The standard InChI is InChI=1S/2C6H3BrFI/c2*7-4-2-1-3-5(8)6(4)9/h2*1-3H. The minimum absolute atomic E-state index is 0.176. The molecule has 0 aliphatic carbocycles. The third kappa shape index (κ3) is 5.01. The van der Waals surface area contributed by atoms with Gasteiger partial charge in [0.05, 0.1) is 7.14 Å². The molecule has 0 radical (unpaired) electrons. The summed E-state index contributed by atoms with van der Waals surface area (Å²) in [5.74, 6) is -0.352. The van der Waals surface area contributed by atoms with Gasteiger partial charge in [-0.05, 0) is 101 Å². The predicted octanol–water partition coefficient (Wildman–Crippen LogP) is 6.39. The second kappa shape index (κ2) is 8.11. The SMILES string of the molecule is Fc1cccc(Br)c1I.Fc1cccc(Br)c1I. The van der Waals surface area contributed by atoms with Crippen molar-refractivity contribution < 1.29 is 8.78 Å². The van der Waals surface area contributed by atoms with Gasteiger partial charge in [0, 0.05) is 8.95 Å². The Balaban J connectivity index is 0.000000180. The minimum Gasteiger partial charge on any atom is -0.206 e. The molecular formula is C12H6Br2F2I2. The van der Waals surface area contributed by atoms with Crippen molar-refractivity contribution in [3.8, 4) is 0 Å². The Morgan fingerprint density at radius 2 is 1.06 bits per heavy atom. The van der Waals surface area contributed by atoms with Crippen molar-refractivity contribution in [2.75, 3.05) is 0 Å². The van der Waals surface area contributed by atoms with Crippen molar-refractivity contribution in [3.05, 3.63) is 64.1 Å². The summed E-state index contributed by atoms with van der Waals surface area (Å²) in [6, 6.07) is 9.83. The highest BCUT2D eigenvalue weighted by molar-refractivity contribution is 14.1. The molecular weight excluding hydrogens is 596 g/mol. The van der Waals surface area contributed by atoms with Crippen molar-refractivity contribution in [3.63, 3.8) is 0 Å². The quantitative estimate of drug-likeness (QED) is 0.243. The molecule has 0 saturated carbocycles. The van der Waals surface area contributed by atoms with Gasteiger partial charge in [-0.1, -0.05) is 12.1 Å². The van der Waals surface area contributed by atoms with Crippen molar-refractivity contribution in [2.45, 2.75) is 0 Å². The summed E-state index contributed by atoms with van der Waals surface area (Å²) < 4.78 is 28.0. The Morgan fingerprint density at radius 3 is 1.28 bits per heavy atom. The van der Waals surface area contributed by atoms with Gasteiger partial charge in [0.1, 0.15) is 11.6 Å². The lowest BCUT2D eigenvalue weighted by Gasteiger charge is -1.93. The summed E-state index contributed by atoms with van der Waals surface area (Å²) in [4.78, 5) is 0. The average molecular weight is 602 g/mol. The topological polar surface area (TPSA) is 0 Å². The van der Waals surface area contributed by atoms with Crippen LogP contribution in [0.25, 0.3) is 0 Å². The van der Waals surface area contributed by atoms with Crippen LogP contribution in [0.2, 0.25) is 0 Å². The van der Waals surface area contributed by atoms with E-state index in [1.807, 2.05) is 57.3 Å². The van der Waals surface area contributed by atoms with E-state index in [2.05, 4.69) is 31.9 Å². The molecule has 2 aromatic rings. The number of hydrogen-bond acceptors (Lipinski definition) is 0. The molecule has 0 aliphatic rings.